The maximum atomic E-state index is 14.1. The minimum absolute atomic E-state index is 0.0641. The van der Waals surface area contributed by atoms with E-state index < -0.39 is 58.3 Å². The molecule has 0 aromatic carbocycles. The Bertz CT molecular complexity index is 889. The van der Waals surface area contributed by atoms with Crippen LogP contribution in [0, 0.1) is 16.7 Å². The van der Waals surface area contributed by atoms with Gasteiger partial charge in [-0.25, -0.2) is 4.79 Å². The van der Waals surface area contributed by atoms with Gasteiger partial charge in [-0.3, -0.25) is 14.4 Å². The lowest BCUT2D eigenvalue weighted by Gasteiger charge is -2.54. The van der Waals surface area contributed by atoms with Crippen molar-refractivity contribution in [1.82, 2.24) is 9.80 Å². The molecule has 0 saturated heterocycles. The summed E-state index contributed by atoms with van der Waals surface area (Å²) in [4.78, 5) is 54.5. The minimum Gasteiger partial charge on any atom is -0.481 e. The number of nitrogens with zero attached hydrogens (tertiary/aromatic N) is 2. The molecule has 0 radical (unpaired) electrons. The molecule has 0 spiro atoms. The average Bonchev–Trinajstić information content (AvgIpc) is 2.69. The SMILES string of the molecule is C/C(=C\[C@H](C(C)C)N(C)C(=O)[C@@H](N)C(C)(C)C)C(=O)N(C(C)(C)C)[C@](CCC(=O)O)(C(=O)O)C(C)(C)C. The van der Waals surface area contributed by atoms with E-state index in [4.69, 9.17) is 5.73 Å². The monoisotopic (exact) mass is 525 g/mol. The van der Waals surface area contributed by atoms with E-state index in [1.54, 1.807) is 61.6 Å². The summed E-state index contributed by atoms with van der Waals surface area (Å²) < 4.78 is 0. The first kappa shape index (κ1) is 34.6. The van der Waals surface area contributed by atoms with Crippen molar-refractivity contribution in [1.29, 1.82) is 0 Å². The first-order valence-electron chi connectivity index (χ1n) is 12.8. The number of aliphatic carboxylic acids is 2. The second kappa shape index (κ2) is 12.0. The van der Waals surface area contributed by atoms with Crippen molar-refractivity contribution in [3.8, 4) is 0 Å². The molecule has 0 aromatic rings. The minimum atomic E-state index is -1.81. The molecule has 0 rings (SSSR count). The molecule has 9 nitrogen and oxygen atoms in total. The zero-order chi connectivity index (χ0) is 29.9. The van der Waals surface area contributed by atoms with E-state index in [-0.39, 0.29) is 23.8 Å². The number of hydrogen-bond acceptors (Lipinski definition) is 5. The molecule has 0 bridgehead atoms. The third kappa shape index (κ3) is 8.03. The van der Waals surface area contributed by atoms with Crippen molar-refractivity contribution in [3.63, 3.8) is 0 Å². The lowest BCUT2D eigenvalue weighted by molar-refractivity contribution is -0.176. The fourth-order valence-corrected chi connectivity index (χ4v) is 4.68. The Kier molecular flexibility index (Phi) is 11.2. The van der Waals surface area contributed by atoms with Crippen LogP contribution in [0.1, 0.15) is 95.9 Å². The maximum absolute atomic E-state index is 14.1. The second-order valence-corrected chi connectivity index (χ2v) is 13.5. The van der Waals surface area contributed by atoms with Crippen LogP contribution in [0.25, 0.3) is 0 Å². The summed E-state index contributed by atoms with van der Waals surface area (Å²) in [7, 11) is 1.65. The number of hydrogen-bond donors (Lipinski definition) is 3. The first-order valence-corrected chi connectivity index (χ1v) is 12.8. The van der Waals surface area contributed by atoms with E-state index in [9.17, 15) is 29.4 Å². The van der Waals surface area contributed by atoms with Crippen LogP contribution in [0.5, 0.6) is 0 Å². The molecule has 37 heavy (non-hydrogen) atoms. The molecule has 0 unspecified atom stereocenters. The zero-order valence-electron chi connectivity index (χ0n) is 25.2. The maximum Gasteiger partial charge on any atom is 0.330 e. The molecule has 214 valence electrons. The molecule has 0 aliphatic rings. The molecular weight excluding hydrogens is 474 g/mol. The summed E-state index contributed by atoms with van der Waals surface area (Å²) >= 11 is 0. The van der Waals surface area contributed by atoms with Gasteiger partial charge < -0.3 is 25.7 Å². The van der Waals surface area contributed by atoms with Gasteiger partial charge in [-0.05, 0) is 50.9 Å². The summed E-state index contributed by atoms with van der Waals surface area (Å²) in [5.41, 5.74) is 2.27. The molecule has 0 aromatic heterocycles. The number of nitrogens with two attached hydrogens (primary N) is 1. The normalized spacial score (nSPS) is 16.6. The molecule has 9 heteroatoms. The Morgan fingerprint density at radius 2 is 1.38 bits per heavy atom. The number of amides is 2. The Hall–Kier alpha value is -2.42. The standard InChI is InChI=1S/C28H51N3O6/c1-17(2)19(30(13)23(35)21(29)25(4,5)6)16-18(3)22(34)31(27(10,11)12)28(24(36)37,26(7,8)9)15-14-20(32)33/h16-17,19,21H,14-15,29H2,1-13H3,(H,32,33)(H,36,37)/b18-16+/t19-,21-,28-/m1/s1. The highest BCUT2D eigenvalue weighted by molar-refractivity contribution is 5.98. The number of rotatable bonds is 10. The van der Waals surface area contributed by atoms with Crippen molar-refractivity contribution < 1.29 is 29.4 Å². The lowest BCUT2D eigenvalue weighted by Crippen LogP contribution is -2.69. The van der Waals surface area contributed by atoms with E-state index in [0.29, 0.717) is 0 Å². The zero-order valence-corrected chi connectivity index (χ0v) is 25.2. The number of likely N-dealkylation sites (N-methyl/N-ethyl adjacent to an activating group) is 1. The van der Waals surface area contributed by atoms with E-state index in [1.807, 2.05) is 34.6 Å². The average molecular weight is 526 g/mol. The lowest BCUT2D eigenvalue weighted by atomic mass is 9.67. The largest absolute Gasteiger partial charge is 0.481 e. The van der Waals surface area contributed by atoms with Gasteiger partial charge in [-0.1, -0.05) is 61.5 Å². The van der Waals surface area contributed by atoms with E-state index in [1.165, 1.54) is 9.80 Å². The topological polar surface area (TPSA) is 141 Å². The Labute approximate surface area is 223 Å². The first-order chi connectivity index (χ1) is 16.3. The van der Waals surface area contributed by atoms with Crippen LogP contribution in [0.3, 0.4) is 0 Å². The van der Waals surface area contributed by atoms with E-state index >= 15 is 0 Å². The Balaban J connectivity index is 6.91. The van der Waals surface area contributed by atoms with Gasteiger partial charge in [0.05, 0.1) is 12.1 Å². The van der Waals surface area contributed by atoms with Gasteiger partial charge in [0.25, 0.3) is 5.91 Å². The fraction of sp³-hybridized carbons (Fsp3) is 0.786. The van der Waals surface area contributed by atoms with Gasteiger partial charge in [0.2, 0.25) is 5.91 Å². The predicted molar refractivity (Wildman–Crippen MR) is 146 cm³/mol. The van der Waals surface area contributed by atoms with Crippen molar-refractivity contribution in [3.05, 3.63) is 11.6 Å². The highest BCUT2D eigenvalue weighted by atomic mass is 16.4. The molecular formula is C28H51N3O6. The van der Waals surface area contributed by atoms with Gasteiger partial charge >= 0.3 is 11.9 Å². The molecule has 2 amide bonds. The summed E-state index contributed by atoms with van der Waals surface area (Å²) in [5.74, 6) is -3.25. The van der Waals surface area contributed by atoms with Crippen LogP contribution in [0.2, 0.25) is 0 Å². The smallest absolute Gasteiger partial charge is 0.330 e. The molecule has 4 N–H and O–H groups in total. The van der Waals surface area contributed by atoms with E-state index in [0.717, 1.165) is 0 Å². The van der Waals surface area contributed by atoms with Crippen molar-refractivity contribution in [2.75, 3.05) is 7.05 Å². The van der Waals surface area contributed by atoms with Crippen molar-refractivity contribution in [2.24, 2.45) is 22.5 Å². The number of carboxylic acid groups (broad SMARTS) is 2. The van der Waals surface area contributed by atoms with Crippen LogP contribution in [0.15, 0.2) is 11.6 Å². The summed E-state index contributed by atoms with van der Waals surface area (Å²) in [6.45, 7) is 21.4. The fourth-order valence-electron chi connectivity index (χ4n) is 4.68. The summed E-state index contributed by atoms with van der Waals surface area (Å²) in [5, 5.41) is 19.9. The molecule has 0 heterocycles. The highest BCUT2D eigenvalue weighted by Gasteiger charge is 2.58. The van der Waals surface area contributed by atoms with Crippen LogP contribution < -0.4 is 5.73 Å². The van der Waals surface area contributed by atoms with Gasteiger partial charge in [0, 0.05) is 24.6 Å². The van der Waals surface area contributed by atoms with Gasteiger partial charge in [0.15, 0.2) is 0 Å². The van der Waals surface area contributed by atoms with Crippen LogP contribution in [-0.2, 0) is 19.2 Å². The van der Waals surface area contributed by atoms with E-state index in [2.05, 4.69) is 0 Å². The predicted octanol–water partition coefficient (Wildman–Crippen LogP) is 4.15. The number of carbonyl (C=O) groups is 4. The van der Waals surface area contributed by atoms with Gasteiger partial charge in [-0.15, -0.1) is 0 Å². The molecule has 3 atom stereocenters. The number of carbonyl (C=O) groups excluding carboxylic acids is 2. The van der Waals surface area contributed by atoms with Crippen LogP contribution >= 0.6 is 0 Å². The summed E-state index contributed by atoms with van der Waals surface area (Å²) in [6.07, 6.45) is 1.01. The van der Waals surface area contributed by atoms with Crippen LogP contribution in [-0.4, -0.2) is 74.0 Å². The Morgan fingerprint density at radius 1 is 0.919 bits per heavy atom. The van der Waals surface area contributed by atoms with Crippen LogP contribution in [0.4, 0.5) is 0 Å². The molecule has 0 saturated carbocycles. The van der Waals surface area contributed by atoms with Gasteiger partial charge in [-0.2, -0.15) is 0 Å². The van der Waals surface area contributed by atoms with Crippen molar-refractivity contribution in [2.45, 2.75) is 119 Å². The number of carboxylic acids is 2. The molecule has 0 fully saturated rings. The van der Waals surface area contributed by atoms with Gasteiger partial charge in [0.1, 0.15) is 5.54 Å². The third-order valence-corrected chi connectivity index (χ3v) is 6.99. The second-order valence-electron chi connectivity index (χ2n) is 13.5. The molecule has 0 aliphatic heterocycles. The quantitative estimate of drug-likeness (QED) is 0.364. The van der Waals surface area contributed by atoms with Crippen molar-refractivity contribution >= 4 is 23.8 Å². The molecule has 0 aliphatic carbocycles. The summed E-state index contributed by atoms with van der Waals surface area (Å²) in [6, 6.07) is -1.22. The highest BCUT2D eigenvalue weighted by Crippen LogP contribution is 2.44. The third-order valence-electron chi connectivity index (χ3n) is 6.99. The Morgan fingerprint density at radius 3 is 1.68 bits per heavy atom.